The molecule has 0 saturated carbocycles. The van der Waals surface area contributed by atoms with Crippen LogP contribution in [-0.2, 0) is 11.3 Å². The van der Waals surface area contributed by atoms with Crippen LogP contribution < -0.4 is 5.32 Å². The minimum atomic E-state index is -0.113. The van der Waals surface area contributed by atoms with Gasteiger partial charge in [0.25, 0.3) is 0 Å². The zero-order valence-corrected chi connectivity index (χ0v) is 12.1. The minimum Gasteiger partial charge on any atom is -0.350 e. The Labute approximate surface area is 119 Å². The molecule has 100 valence electrons. The fraction of sp³-hybridized carbons (Fsp3) is 0.308. The molecule has 2 rings (SSSR count). The number of nitrogens with zero attached hydrogens (tertiary/aromatic N) is 1. The third-order valence-electron chi connectivity index (χ3n) is 2.48. The fourth-order valence-electron chi connectivity index (χ4n) is 1.53. The molecule has 0 spiro atoms. The maximum Gasteiger partial charge on any atom is 0.220 e. The summed E-state index contributed by atoms with van der Waals surface area (Å²) < 4.78 is 0. The van der Waals surface area contributed by atoms with Crippen molar-refractivity contribution in [1.82, 2.24) is 10.3 Å². The molecule has 4 nitrogen and oxygen atoms in total. The fourth-order valence-corrected chi connectivity index (χ4v) is 2.94. The van der Waals surface area contributed by atoms with E-state index in [0.29, 0.717) is 11.4 Å². The van der Waals surface area contributed by atoms with E-state index in [-0.39, 0.29) is 24.5 Å². The van der Waals surface area contributed by atoms with Gasteiger partial charge in [-0.3, -0.25) is 9.59 Å². The number of rotatable bonds is 6. The number of nitrogens with one attached hydrogen (secondary N) is 1. The molecule has 0 unspecified atom stereocenters. The van der Waals surface area contributed by atoms with Crippen molar-refractivity contribution in [2.45, 2.75) is 26.3 Å². The summed E-state index contributed by atoms with van der Waals surface area (Å²) >= 11 is 2.93. The van der Waals surface area contributed by atoms with Gasteiger partial charge in [-0.15, -0.1) is 22.7 Å². The molecule has 0 atom stereocenters. The molecule has 1 amide bonds. The second-order valence-electron chi connectivity index (χ2n) is 4.06. The summed E-state index contributed by atoms with van der Waals surface area (Å²) in [6, 6.07) is 3.62. The van der Waals surface area contributed by atoms with Gasteiger partial charge in [-0.2, -0.15) is 0 Å². The van der Waals surface area contributed by atoms with Crippen LogP contribution in [0.1, 0.15) is 33.2 Å². The molecule has 0 aliphatic rings. The molecular formula is C13H14N2O2S2. The highest BCUT2D eigenvalue weighted by Crippen LogP contribution is 2.12. The average molecular weight is 294 g/mol. The highest BCUT2D eigenvalue weighted by Gasteiger charge is 2.10. The van der Waals surface area contributed by atoms with E-state index >= 15 is 0 Å². The van der Waals surface area contributed by atoms with Gasteiger partial charge in [-0.05, 0) is 18.4 Å². The number of Topliss-reactive ketones (excluding diaryl/α,β-unsaturated/α-hetero) is 1. The molecule has 1 N–H and O–H groups in total. The molecule has 0 radical (unpaired) electrons. The number of aryl methyl sites for hydroxylation is 1. The third-order valence-corrected chi connectivity index (χ3v) is 4.36. The molecular weight excluding hydrogens is 280 g/mol. The van der Waals surface area contributed by atoms with Gasteiger partial charge in [0.1, 0.15) is 5.01 Å². The van der Waals surface area contributed by atoms with Crippen LogP contribution in [0.3, 0.4) is 0 Å². The molecule has 0 aromatic carbocycles. The first-order valence-corrected chi connectivity index (χ1v) is 7.65. The third kappa shape index (κ3) is 4.25. The lowest BCUT2D eigenvalue weighted by Gasteiger charge is -2.02. The van der Waals surface area contributed by atoms with E-state index in [2.05, 4.69) is 10.3 Å². The number of carbonyl (C=O) groups excluding carboxylic acids is 2. The second kappa shape index (κ2) is 6.58. The van der Waals surface area contributed by atoms with Crippen molar-refractivity contribution < 1.29 is 9.59 Å². The van der Waals surface area contributed by atoms with Crippen LogP contribution in [-0.4, -0.2) is 16.7 Å². The molecule has 0 aliphatic heterocycles. The van der Waals surface area contributed by atoms with E-state index in [4.69, 9.17) is 0 Å². The molecule has 0 aliphatic carbocycles. The lowest BCUT2D eigenvalue weighted by Crippen LogP contribution is -2.23. The maximum atomic E-state index is 11.7. The van der Waals surface area contributed by atoms with Gasteiger partial charge in [0, 0.05) is 23.9 Å². The quantitative estimate of drug-likeness (QED) is 0.833. The Hall–Kier alpha value is -1.53. The average Bonchev–Trinajstić information content (AvgIpc) is 3.04. The number of thiophene rings is 1. The summed E-state index contributed by atoms with van der Waals surface area (Å²) in [5.41, 5.74) is 0.960. The molecule has 2 heterocycles. The molecule has 0 fully saturated rings. The molecule has 0 saturated heterocycles. The van der Waals surface area contributed by atoms with Crippen LogP contribution in [0.5, 0.6) is 0 Å². The van der Waals surface area contributed by atoms with Crippen LogP contribution in [0.25, 0.3) is 0 Å². The van der Waals surface area contributed by atoms with E-state index in [1.807, 2.05) is 23.8 Å². The Morgan fingerprint density at radius 2 is 2.16 bits per heavy atom. The summed E-state index contributed by atoms with van der Waals surface area (Å²) in [6.45, 7) is 2.35. The van der Waals surface area contributed by atoms with E-state index in [9.17, 15) is 9.59 Å². The summed E-state index contributed by atoms with van der Waals surface area (Å²) in [5, 5.41) is 7.46. The Kier molecular flexibility index (Phi) is 4.81. The van der Waals surface area contributed by atoms with Gasteiger partial charge in [0.05, 0.1) is 11.4 Å². The number of amides is 1. The monoisotopic (exact) mass is 294 g/mol. The number of carbonyl (C=O) groups is 2. The van der Waals surface area contributed by atoms with Gasteiger partial charge < -0.3 is 5.32 Å². The number of aromatic nitrogens is 1. The van der Waals surface area contributed by atoms with Crippen molar-refractivity contribution in [2.75, 3.05) is 0 Å². The summed E-state index contributed by atoms with van der Waals surface area (Å²) in [5.74, 6) is -0.0898. The summed E-state index contributed by atoms with van der Waals surface area (Å²) in [7, 11) is 0. The van der Waals surface area contributed by atoms with E-state index in [1.165, 1.54) is 22.7 Å². The van der Waals surface area contributed by atoms with E-state index < -0.39 is 0 Å². The van der Waals surface area contributed by atoms with E-state index in [1.54, 1.807) is 6.07 Å². The lowest BCUT2D eigenvalue weighted by molar-refractivity contribution is -0.121. The van der Waals surface area contributed by atoms with Crippen LogP contribution in [0.4, 0.5) is 0 Å². The Morgan fingerprint density at radius 1 is 1.32 bits per heavy atom. The number of hydrogen-bond acceptors (Lipinski definition) is 5. The largest absolute Gasteiger partial charge is 0.350 e. The van der Waals surface area contributed by atoms with Gasteiger partial charge in [-0.1, -0.05) is 6.07 Å². The zero-order valence-electron chi connectivity index (χ0n) is 10.5. The highest BCUT2D eigenvalue weighted by molar-refractivity contribution is 7.12. The first-order valence-electron chi connectivity index (χ1n) is 5.89. The number of hydrogen-bond donors (Lipinski definition) is 1. The maximum absolute atomic E-state index is 11.7. The van der Waals surface area contributed by atoms with E-state index in [0.717, 1.165) is 10.7 Å². The molecule has 0 bridgehead atoms. The Morgan fingerprint density at radius 3 is 2.79 bits per heavy atom. The number of ketones is 1. The summed E-state index contributed by atoms with van der Waals surface area (Å²) in [6.07, 6.45) is 0.477. The van der Waals surface area contributed by atoms with Crippen molar-refractivity contribution in [3.8, 4) is 0 Å². The Balaban J connectivity index is 1.71. The highest BCUT2D eigenvalue weighted by atomic mass is 32.1. The van der Waals surface area contributed by atoms with Crippen molar-refractivity contribution in [1.29, 1.82) is 0 Å². The van der Waals surface area contributed by atoms with Crippen LogP contribution in [0, 0.1) is 6.92 Å². The van der Waals surface area contributed by atoms with Gasteiger partial charge >= 0.3 is 0 Å². The standard InChI is InChI=1S/C13H14N2O2S2/c1-9-8-19-13(15-9)7-14-12(17)5-4-10(16)11-3-2-6-18-11/h2-3,6,8H,4-5,7H2,1H3,(H,14,17). The van der Waals surface area contributed by atoms with Gasteiger partial charge in [0.15, 0.2) is 5.78 Å². The van der Waals surface area contributed by atoms with Gasteiger partial charge in [0.2, 0.25) is 5.91 Å². The van der Waals surface area contributed by atoms with Crippen LogP contribution in [0.2, 0.25) is 0 Å². The molecule has 6 heteroatoms. The van der Waals surface area contributed by atoms with Gasteiger partial charge in [-0.25, -0.2) is 4.98 Å². The number of thiazole rings is 1. The molecule has 19 heavy (non-hydrogen) atoms. The first kappa shape index (κ1) is 13.9. The molecule has 2 aromatic rings. The Bertz CT molecular complexity index is 561. The van der Waals surface area contributed by atoms with Crippen molar-refractivity contribution in [2.24, 2.45) is 0 Å². The first-order chi connectivity index (χ1) is 9.15. The molecule has 2 aromatic heterocycles. The van der Waals surface area contributed by atoms with Crippen molar-refractivity contribution >= 4 is 34.4 Å². The minimum absolute atomic E-state index is 0.0234. The van der Waals surface area contributed by atoms with Crippen molar-refractivity contribution in [3.63, 3.8) is 0 Å². The van der Waals surface area contributed by atoms with Crippen LogP contribution in [0.15, 0.2) is 22.9 Å². The smallest absolute Gasteiger partial charge is 0.220 e. The normalized spacial score (nSPS) is 10.4. The van der Waals surface area contributed by atoms with Crippen molar-refractivity contribution in [3.05, 3.63) is 38.5 Å². The SMILES string of the molecule is Cc1csc(CNC(=O)CCC(=O)c2cccs2)n1. The summed E-state index contributed by atoms with van der Waals surface area (Å²) in [4.78, 5) is 28.3. The second-order valence-corrected chi connectivity index (χ2v) is 5.95. The topological polar surface area (TPSA) is 59.1 Å². The predicted octanol–water partition coefficient (Wildman–Crippen LogP) is 2.79. The predicted molar refractivity (Wildman–Crippen MR) is 76.6 cm³/mol. The lowest BCUT2D eigenvalue weighted by atomic mass is 10.2. The zero-order chi connectivity index (χ0) is 13.7. The van der Waals surface area contributed by atoms with Crippen LogP contribution >= 0.6 is 22.7 Å².